The van der Waals surface area contributed by atoms with E-state index in [1.807, 2.05) is 56.3 Å². The number of H-pyrrole nitrogens is 1. The Bertz CT molecular complexity index is 870. The van der Waals surface area contributed by atoms with E-state index in [0.29, 0.717) is 18.8 Å². The maximum absolute atomic E-state index is 12.6. The molecule has 0 spiro atoms. The van der Waals surface area contributed by atoms with Gasteiger partial charge >= 0.3 is 0 Å². The van der Waals surface area contributed by atoms with E-state index in [1.54, 1.807) is 11.9 Å². The smallest absolute Gasteiger partial charge is 0.274 e. The summed E-state index contributed by atoms with van der Waals surface area (Å²) in [4.78, 5) is 14.3. The zero-order valence-corrected chi connectivity index (χ0v) is 14.2. The predicted octanol–water partition coefficient (Wildman–Crippen LogP) is 3.33. The fraction of sp³-hybridized carbons (Fsp3) is 0.263. The number of aromatic amines is 1. The van der Waals surface area contributed by atoms with Crippen molar-refractivity contribution in [3.63, 3.8) is 0 Å². The van der Waals surface area contributed by atoms with Crippen LogP contribution >= 0.6 is 0 Å². The lowest BCUT2D eigenvalue weighted by Crippen LogP contribution is -2.31. The number of likely N-dealkylation sites (N-methyl/N-ethyl adjacent to an activating group) is 1. The van der Waals surface area contributed by atoms with Gasteiger partial charge in [0.1, 0.15) is 12.4 Å². The molecule has 1 N–H and O–H groups in total. The van der Waals surface area contributed by atoms with E-state index in [4.69, 9.17) is 4.74 Å². The first kappa shape index (κ1) is 16.1. The van der Waals surface area contributed by atoms with E-state index in [0.717, 1.165) is 27.8 Å². The Labute approximate surface area is 141 Å². The van der Waals surface area contributed by atoms with E-state index in [1.165, 1.54) is 0 Å². The number of fused-ring (bicyclic) bond motifs is 1. The number of hydrogen-bond donors (Lipinski definition) is 1. The average Bonchev–Trinajstić information content (AvgIpc) is 2.98. The average molecular weight is 323 g/mol. The van der Waals surface area contributed by atoms with Gasteiger partial charge in [0.2, 0.25) is 0 Å². The summed E-state index contributed by atoms with van der Waals surface area (Å²) in [5.74, 6) is 0.736. The van der Waals surface area contributed by atoms with Crippen molar-refractivity contribution in [1.82, 2.24) is 15.1 Å². The van der Waals surface area contributed by atoms with Gasteiger partial charge in [-0.05, 0) is 37.6 Å². The van der Waals surface area contributed by atoms with Crippen LogP contribution in [0.2, 0.25) is 0 Å². The molecular formula is C19H21N3O2. The van der Waals surface area contributed by atoms with Crippen LogP contribution in [-0.4, -0.2) is 41.2 Å². The Balaban J connectivity index is 1.66. The first-order valence-electron chi connectivity index (χ1n) is 7.95. The standard InChI is InChI=1S/C19H21N3O2/c1-13-8-9-16-15(12-13)18(21-20-16)19(23)22(3)10-11-24-17-7-5-4-6-14(17)2/h4-9,12H,10-11H2,1-3H3,(H,20,21). The summed E-state index contributed by atoms with van der Waals surface area (Å²) in [6.45, 7) is 4.94. The van der Waals surface area contributed by atoms with Gasteiger partial charge in [-0.2, -0.15) is 5.10 Å². The minimum Gasteiger partial charge on any atom is -0.491 e. The predicted molar refractivity (Wildman–Crippen MR) is 94.5 cm³/mol. The van der Waals surface area contributed by atoms with Gasteiger partial charge in [0.05, 0.1) is 12.1 Å². The zero-order valence-electron chi connectivity index (χ0n) is 14.2. The van der Waals surface area contributed by atoms with Gasteiger partial charge in [-0.25, -0.2) is 0 Å². The number of nitrogens with zero attached hydrogens (tertiary/aromatic N) is 2. The minimum atomic E-state index is -0.111. The van der Waals surface area contributed by atoms with E-state index in [2.05, 4.69) is 10.2 Å². The van der Waals surface area contributed by atoms with Gasteiger partial charge in [0.15, 0.2) is 5.69 Å². The molecule has 0 unspecified atom stereocenters. The SMILES string of the molecule is Cc1ccc2[nH]nc(C(=O)N(C)CCOc3ccccc3C)c2c1. The maximum Gasteiger partial charge on any atom is 0.274 e. The molecule has 2 aromatic carbocycles. The molecule has 0 bridgehead atoms. The molecule has 0 radical (unpaired) electrons. The number of aryl methyl sites for hydroxylation is 2. The molecule has 1 amide bonds. The number of hydrogen-bond acceptors (Lipinski definition) is 3. The van der Waals surface area contributed by atoms with Crippen molar-refractivity contribution >= 4 is 16.8 Å². The normalized spacial score (nSPS) is 10.8. The number of carbonyl (C=O) groups excluding carboxylic acids is 1. The number of rotatable bonds is 5. The third-order valence-corrected chi connectivity index (χ3v) is 4.05. The van der Waals surface area contributed by atoms with Gasteiger partial charge < -0.3 is 9.64 Å². The van der Waals surface area contributed by atoms with Crippen molar-refractivity contribution in [2.45, 2.75) is 13.8 Å². The Kier molecular flexibility index (Phi) is 4.51. The second-order valence-electron chi connectivity index (χ2n) is 5.96. The number of benzene rings is 2. The first-order valence-corrected chi connectivity index (χ1v) is 7.95. The number of carbonyl (C=O) groups is 1. The quantitative estimate of drug-likeness (QED) is 0.783. The Morgan fingerprint density at radius 3 is 2.79 bits per heavy atom. The van der Waals surface area contributed by atoms with Crippen molar-refractivity contribution in [2.75, 3.05) is 20.2 Å². The highest BCUT2D eigenvalue weighted by atomic mass is 16.5. The molecule has 0 atom stereocenters. The summed E-state index contributed by atoms with van der Waals surface area (Å²) >= 11 is 0. The molecule has 5 nitrogen and oxygen atoms in total. The molecule has 0 aliphatic carbocycles. The minimum absolute atomic E-state index is 0.111. The molecule has 24 heavy (non-hydrogen) atoms. The summed E-state index contributed by atoms with van der Waals surface area (Å²) in [6, 6.07) is 13.8. The van der Waals surface area contributed by atoms with E-state index >= 15 is 0 Å². The molecule has 0 saturated heterocycles. The van der Waals surface area contributed by atoms with Crippen molar-refractivity contribution in [2.24, 2.45) is 0 Å². The molecule has 124 valence electrons. The highest BCUT2D eigenvalue weighted by Crippen LogP contribution is 2.19. The lowest BCUT2D eigenvalue weighted by atomic mass is 10.1. The van der Waals surface area contributed by atoms with Crippen molar-refractivity contribution < 1.29 is 9.53 Å². The molecule has 0 aliphatic heterocycles. The van der Waals surface area contributed by atoms with Crippen molar-refractivity contribution in [3.8, 4) is 5.75 Å². The Morgan fingerprint density at radius 1 is 1.21 bits per heavy atom. The highest BCUT2D eigenvalue weighted by molar-refractivity contribution is 6.04. The summed E-state index contributed by atoms with van der Waals surface area (Å²) in [6.07, 6.45) is 0. The van der Waals surface area contributed by atoms with E-state index in [9.17, 15) is 4.79 Å². The maximum atomic E-state index is 12.6. The van der Waals surface area contributed by atoms with Crippen molar-refractivity contribution in [1.29, 1.82) is 0 Å². The van der Waals surface area contributed by atoms with Crippen LogP contribution in [-0.2, 0) is 0 Å². The lowest BCUT2D eigenvalue weighted by Gasteiger charge is -2.17. The fourth-order valence-corrected chi connectivity index (χ4v) is 2.58. The number of amides is 1. The van der Waals surface area contributed by atoms with Gasteiger partial charge in [-0.1, -0.05) is 29.8 Å². The monoisotopic (exact) mass is 323 g/mol. The van der Waals surface area contributed by atoms with Crippen LogP contribution in [0.4, 0.5) is 0 Å². The largest absolute Gasteiger partial charge is 0.491 e. The molecule has 1 aromatic heterocycles. The molecule has 1 heterocycles. The molecule has 0 saturated carbocycles. The zero-order chi connectivity index (χ0) is 17.1. The third kappa shape index (κ3) is 3.25. The second-order valence-corrected chi connectivity index (χ2v) is 5.96. The molecule has 0 aliphatic rings. The van der Waals surface area contributed by atoms with Crippen LogP contribution in [0.1, 0.15) is 21.6 Å². The summed E-state index contributed by atoms with van der Waals surface area (Å²) in [5, 5.41) is 7.95. The lowest BCUT2D eigenvalue weighted by molar-refractivity contribution is 0.0769. The molecule has 5 heteroatoms. The molecular weight excluding hydrogens is 302 g/mol. The van der Waals surface area contributed by atoms with Gasteiger partial charge in [-0.15, -0.1) is 0 Å². The van der Waals surface area contributed by atoms with E-state index in [-0.39, 0.29) is 5.91 Å². The highest BCUT2D eigenvalue weighted by Gasteiger charge is 2.18. The third-order valence-electron chi connectivity index (χ3n) is 4.05. The number of ether oxygens (including phenoxy) is 1. The van der Waals surface area contributed by atoms with Gasteiger partial charge in [0.25, 0.3) is 5.91 Å². The first-order chi connectivity index (χ1) is 11.6. The van der Waals surface area contributed by atoms with Crippen LogP contribution in [0.15, 0.2) is 42.5 Å². The summed E-state index contributed by atoms with van der Waals surface area (Å²) in [7, 11) is 1.76. The number of para-hydroxylation sites is 1. The van der Waals surface area contributed by atoms with Crippen LogP contribution in [0.3, 0.4) is 0 Å². The van der Waals surface area contributed by atoms with Crippen LogP contribution in [0.25, 0.3) is 10.9 Å². The van der Waals surface area contributed by atoms with Crippen LogP contribution in [0, 0.1) is 13.8 Å². The van der Waals surface area contributed by atoms with Crippen LogP contribution < -0.4 is 4.74 Å². The molecule has 0 fully saturated rings. The summed E-state index contributed by atoms with van der Waals surface area (Å²) in [5.41, 5.74) is 3.50. The molecule has 3 rings (SSSR count). The topological polar surface area (TPSA) is 58.2 Å². The van der Waals surface area contributed by atoms with Gasteiger partial charge in [-0.3, -0.25) is 9.89 Å². The number of nitrogens with one attached hydrogen (secondary N) is 1. The summed E-state index contributed by atoms with van der Waals surface area (Å²) < 4.78 is 5.76. The second kappa shape index (κ2) is 6.74. The van der Waals surface area contributed by atoms with Crippen molar-refractivity contribution in [3.05, 3.63) is 59.3 Å². The Morgan fingerprint density at radius 2 is 2.00 bits per heavy atom. The van der Waals surface area contributed by atoms with E-state index < -0.39 is 0 Å². The molecule has 3 aromatic rings. The van der Waals surface area contributed by atoms with Crippen LogP contribution in [0.5, 0.6) is 5.75 Å². The number of aromatic nitrogens is 2. The Hall–Kier alpha value is -2.82. The fourth-order valence-electron chi connectivity index (χ4n) is 2.58. The van der Waals surface area contributed by atoms with Gasteiger partial charge in [0, 0.05) is 12.4 Å².